The van der Waals surface area contributed by atoms with Crippen LogP contribution in [0.1, 0.15) is 52.1 Å². The highest BCUT2D eigenvalue weighted by atomic mass is 19.1. The highest BCUT2D eigenvalue weighted by Crippen LogP contribution is 2.33. The molecule has 3 heteroatoms. The summed E-state index contributed by atoms with van der Waals surface area (Å²) in [6.07, 6.45) is 2.11. The van der Waals surface area contributed by atoms with Crippen molar-refractivity contribution in [1.82, 2.24) is 5.32 Å². The minimum Gasteiger partial charge on any atom is -0.496 e. The first-order valence-electron chi connectivity index (χ1n) is 7.27. The number of methoxy groups -OCH3 is 1. The molecule has 0 spiro atoms. The van der Waals surface area contributed by atoms with Gasteiger partial charge in [0.05, 0.1) is 7.11 Å². The molecule has 0 heterocycles. The SMILES string of the molecule is CNC(CC(C)CC(C)(C)C)c1cc(F)ccc1OC. The Morgan fingerprint density at radius 3 is 2.45 bits per heavy atom. The Morgan fingerprint density at radius 2 is 1.95 bits per heavy atom. The summed E-state index contributed by atoms with van der Waals surface area (Å²) < 4.78 is 18.9. The average molecular weight is 281 g/mol. The number of halogens is 1. The van der Waals surface area contributed by atoms with Gasteiger partial charge in [-0.2, -0.15) is 0 Å². The first-order valence-corrected chi connectivity index (χ1v) is 7.27. The van der Waals surface area contributed by atoms with E-state index in [0.29, 0.717) is 11.3 Å². The molecule has 0 fully saturated rings. The van der Waals surface area contributed by atoms with Gasteiger partial charge in [0.1, 0.15) is 11.6 Å². The van der Waals surface area contributed by atoms with E-state index >= 15 is 0 Å². The molecule has 2 unspecified atom stereocenters. The lowest BCUT2D eigenvalue weighted by Gasteiger charge is -2.27. The monoisotopic (exact) mass is 281 g/mol. The molecule has 1 aromatic carbocycles. The Hall–Kier alpha value is -1.09. The fourth-order valence-electron chi connectivity index (χ4n) is 2.91. The van der Waals surface area contributed by atoms with Crippen LogP contribution in [-0.2, 0) is 0 Å². The molecular weight excluding hydrogens is 253 g/mol. The van der Waals surface area contributed by atoms with Gasteiger partial charge in [-0.1, -0.05) is 27.7 Å². The van der Waals surface area contributed by atoms with E-state index in [1.54, 1.807) is 19.2 Å². The topological polar surface area (TPSA) is 21.3 Å². The Balaban J connectivity index is 2.88. The lowest BCUT2D eigenvalue weighted by Crippen LogP contribution is -2.22. The van der Waals surface area contributed by atoms with Crippen molar-refractivity contribution in [3.05, 3.63) is 29.6 Å². The maximum Gasteiger partial charge on any atom is 0.123 e. The highest BCUT2D eigenvalue weighted by Gasteiger charge is 2.21. The summed E-state index contributed by atoms with van der Waals surface area (Å²) in [5.41, 5.74) is 1.21. The number of hydrogen-bond donors (Lipinski definition) is 1. The summed E-state index contributed by atoms with van der Waals surface area (Å²) in [6, 6.07) is 4.82. The standard InChI is InChI=1S/C17H28FNO/c1-12(11-17(2,3)4)9-15(19-5)14-10-13(18)7-8-16(14)20-6/h7-8,10,12,15,19H,9,11H2,1-6H3. The largest absolute Gasteiger partial charge is 0.496 e. The number of rotatable bonds is 6. The van der Waals surface area contributed by atoms with E-state index in [2.05, 4.69) is 33.0 Å². The number of ether oxygens (including phenoxy) is 1. The molecule has 0 radical (unpaired) electrons. The van der Waals surface area contributed by atoms with Gasteiger partial charge in [-0.25, -0.2) is 4.39 Å². The van der Waals surface area contributed by atoms with E-state index in [1.165, 1.54) is 6.07 Å². The average Bonchev–Trinajstić information content (AvgIpc) is 2.33. The zero-order chi connectivity index (χ0) is 15.3. The zero-order valence-electron chi connectivity index (χ0n) is 13.6. The number of hydrogen-bond acceptors (Lipinski definition) is 2. The van der Waals surface area contributed by atoms with Crippen molar-refractivity contribution in [2.24, 2.45) is 11.3 Å². The van der Waals surface area contributed by atoms with Crippen molar-refractivity contribution < 1.29 is 9.13 Å². The molecule has 1 aromatic rings. The van der Waals surface area contributed by atoms with Crippen LogP contribution in [0.2, 0.25) is 0 Å². The molecule has 0 saturated carbocycles. The van der Waals surface area contributed by atoms with Crippen LogP contribution in [0.15, 0.2) is 18.2 Å². The fraction of sp³-hybridized carbons (Fsp3) is 0.647. The Labute approximate surface area is 122 Å². The zero-order valence-corrected chi connectivity index (χ0v) is 13.6. The molecule has 0 saturated heterocycles. The quantitative estimate of drug-likeness (QED) is 0.825. The summed E-state index contributed by atoms with van der Waals surface area (Å²) in [4.78, 5) is 0. The van der Waals surface area contributed by atoms with Gasteiger partial charge in [-0.05, 0) is 49.4 Å². The van der Waals surface area contributed by atoms with Crippen LogP contribution in [0.3, 0.4) is 0 Å². The van der Waals surface area contributed by atoms with Gasteiger partial charge in [-0.15, -0.1) is 0 Å². The number of nitrogens with one attached hydrogen (secondary N) is 1. The van der Waals surface area contributed by atoms with Gasteiger partial charge in [0.25, 0.3) is 0 Å². The fourth-order valence-corrected chi connectivity index (χ4v) is 2.91. The first-order chi connectivity index (χ1) is 9.26. The van der Waals surface area contributed by atoms with Crippen molar-refractivity contribution >= 4 is 0 Å². The van der Waals surface area contributed by atoms with Gasteiger partial charge in [-0.3, -0.25) is 0 Å². The maximum atomic E-state index is 13.5. The second-order valence-corrected chi connectivity index (χ2v) is 6.83. The van der Waals surface area contributed by atoms with Crippen LogP contribution in [0, 0.1) is 17.2 Å². The van der Waals surface area contributed by atoms with Crippen molar-refractivity contribution in [2.45, 2.75) is 46.6 Å². The molecular formula is C17H28FNO. The summed E-state index contributed by atoms with van der Waals surface area (Å²) in [5.74, 6) is 1.08. The van der Waals surface area contributed by atoms with Crippen LogP contribution in [-0.4, -0.2) is 14.2 Å². The molecule has 0 aliphatic heterocycles. The molecule has 1 rings (SSSR count). The molecule has 114 valence electrons. The predicted molar refractivity (Wildman–Crippen MR) is 82.6 cm³/mol. The van der Waals surface area contributed by atoms with E-state index in [0.717, 1.165) is 24.2 Å². The summed E-state index contributed by atoms with van der Waals surface area (Å²) in [7, 11) is 3.54. The van der Waals surface area contributed by atoms with Crippen LogP contribution < -0.4 is 10.1 Å². The highest BCUT2D eigenvalue weighted by molar-refractivity contribution is 5.36. The van der Waals surface area contributed by atoms with E-state index in [-0.39, 0.29) is 11.9 Å². The van der Waals surface area contributed by atoms with E-state index < -0.39 is 0 Å². The Kier molecular flexibility index (Phi) is 6.00. The van der Waals surface area contributed by atoms with Gasteiger partial charge >= 0.3 is 0 Å². The van der Waals surface area contributed by atoms with Gasteiger partial charge in [0.2, 0.25) is 0 Å². The number of benzene rings is 1. The van der Waals surface area contributed by atoms with Crippen molar-refractivity contribution in [1.29, 1.82) is 0 Å². The molecule has 0 amide bonds. The third-order valence-corrected chi connectivity index (χ3v) is 3.51. The maximum absolute atomic E-state index is 13.5. The smallest absolute Gasteiger partial charge is 0.123 e. The van der Waals surface area contributed by atoms with Crippen LogP contribution in [0.4, 0.5) is 4.39 Å². The third kappa shape index (κ3) is 5.12. The Morgan fingerprint density at radius 1 is 1.30 bits per heavy atom. The predicted octanol–water partition coefficient (Wildman–Crippen LogP) is 4.56. The molecule has 2 nitrogen and oxygen atoms in total. The van der Waals surface area contributed by atoms with Crippen LogP contribution in [0.25, 0.3) is 0 Å². The Bertz CT molecular complexity index is 425. The third-order valence-electron chi connectivity index (χ3n) is 3.51. The molecule has 0 aliphatic carbocycles. The molecule has 0 bridgehead atoms. The minimum atomic E-state index is -0.218. The second-order valence-electron chi connectivity index (χ2n) is 6.83. The summed E-state index contributed by atoms with van der Waals surface area (Å²) >= 11 is 0. The summed E-state index contributed by atoms with van der Waals surface area (Å²) in [6.45, 7) is 9.00. The van der Waals surface area contributed by atoms with Gasteiger partial charge in [0.15, 0.2) is 0 Å². The van der Waals surface area contributed by atoms with Crippen LogP contribution in [0.5, 0.6) is 5.75 Å². The second kappa shape index (κ2) is 7.07. The van der Waals surface area contributed by atoms with Crippen molar-refractivity contribution in [3.8, 4) is 5.75 Å². The van der Waals surface area contributed by atoms with Gasteiger partial charge < -0.3 is 10.1 Å². The molecule has 20 heavy (non-hydrogen) atoms. The summed E-state index contributed by atoms with van der Waals surface area (Å²) in [5, 5.41) is 3.29. The van der Waals surface area contributed by atoms with Crippen LogP contribution >= 0.6 is 0 Å². The lowest BCUT2D eigenvalue weighted by molar-refractivity contribution is 0.276. The molecule has 0 aromatic heterocycles. The molecule has 0 aliphatic rings. The minimum absolute atomic E-state index is 0.109. The van der Waals surface area contributed by atoms with E-state index in [1.807, 2.05) is 7.05 Å². The van der Waals surface area contributed by atoms with Gasteiger partial charge in [0, 0.05) is 11.6 Å². The van der Waals surface area contributed by atoms with E-state index in [4.69, 9.17) is 4.74 Å². The first kappa shape index (κ1) is 17.0. The normalized spacial score (nSPS) is 14.9. The molecule has 2 atom stereocenters. The van der Waals surface area contributed by atoms with Crippen molar-refractivity contribution in [3.63, 3.8) is 0 Å². The lowest BCUT2D eigenvalue weighted by atomic mass is 9.82. The molecule has 1 N–H and O–H groups in total. The van der Waals surface area contributed by atoms with E-state index in [9.17, 15) is 4.39 Å². The van der Waals surface area contributed by atoms with Crippen molar-refractivity contribution in [2.75, 3.05) is 14.2 Å².